The Hall–Kier alpha value is -6.11. The molecule has 288 valence electrons. The van der Waals surface area contributed by atoms with E-state index < -0.39 is 11.9 Å². The molecule has 2 aromatic heterocycles. The topological polar surface area (TPSA) is 166 Å². The predicted octanol–water partition coefficient (Wildman–Crippen LogP) is 6.38. The number of ether oxygens (including phenoxy) is 1. The number of rotatable bonds is 13. The standard InChI is InChI=1S/C43H46N8O5/c44-40-38-39(29-16-18-33(19-17-29)56-32-12-6-4-7-13-32)48-51(41(38)46-27-45-40)31-11-9-23-49(26-31)37(53)14-8-3-1-2-5-10-28-15-20-34-30(24-28)25-50(43(34)55)35-21-22-36(52)47-42(35)54/h4,6-7,12-13,15-20,24,27,31,35H,1-3,5,8-11,14,21-23,25-26H2,(H2,44,45,46)(H,47,52,54). The monoisotopic (exact) mass is 754 g/mol. The van der Waals surface area contributed by atoms with Gasteiger partial charge in [0.05, 0.1) is 11.4 Å². The number of nitrogen functional groups attached to an aromatic ring is 1. The smallest absolute Gasteiger partial charge is 0.255 e. The van der Waals surface area contributed by atoms with Crippen LogP contribution in [0.25, 0.3) is 22.3 Å². The van der Waals surface area contributed by atoms with Crippen molar-refractivity contribution in [3.05, 3.63) is 95.8 Å². The van der Waals surface area contributed by atoms with E-state index in [-0.39, 0.29) is 30.2 Å². The summed E-state index contributed by atoms with van der Waals surface area (Å²) in [5.41, 5.74) is 11.4. The molecule has 0 spiro atoms. The molecule has 0 radical (unpaired) electrons. The van der Waals surface area contributed by atoms with E-state index in [9.17, 15) is 19.2 Å². The highest BCUT2D eigenvalue weighted by atomic mass is 16.5. The minimum atomic E-state index is -0.601. The number of hydrogen-bond acceptors (Lipinski definition) is 9. The molecule has 4 amide bonds. The number of nitrogens with two attached hydrogens (primary N) is 1. The van der Waals surface area contributed by atoms with Gasteiger partial charge in [0.15, 0.2) is 5.65 Å². The van der Waals surface area contributed by atoms with E-state index in [0.717, 1.165) is 74.8 Å². The van der Waals surface area contributed by atoms with Crippen molar-refractivity contribution in [2.45, 2.75) is 89.3 Å². The van der Waals surface area contributed by atoms with Crippen LogP contribution in [-0.2, 0) is 27.3 Å². The largest absolute Gasteiger partial charge is 0.457 e. The second-order valence-electron chi connectivity index (χ2n) is 15.0. The number of fused-ring (bicyclic) bond motifs is 2. The first-order valence-corrected chi connectivity index (χ1v) is 19.7. The Bertz CT molecular complexity index is 2260. The average Bonchev–Trinajstić information content (AvgIpc) is 3.76. The summed E-state index contributed by atoms with van der Waals surface area (Å²) < 4.78 is 7.92. The molecule has 56 heavy (non-hydrogen) atoms. The van der Waals surface area contributed by atoms with Gasteiger partial charge in [-0.25, -0.2) is 14.6 Å². The van der Waals surface area contributed by atoms with Gasteiger partial charge < -0.3 is 20.3 Å². The van der Waals surface area contributed by atoms with Crippen LogP contribution in [0, 0.1) is 0 Å². The summed E-state index contributed by atoms with van der Waals surface area (Å²) in [6, 6.07) is 22.7. The van der Waals surface area contributed by atoms with Gasteiger partial charge in [-0.15, -0.1) is 0 Å². The third-order valence-electron chi connectivity index (χ3n) is 11.2. The molecular weight excluding hydrogens is 709 g/mol. The van der Waals surface area contributed by atoms with E-state index in [2.05, 4.69) is 21.4 Å². The Balaban J connectivity index is 0.807. The number of nitrogens with zero attached hydrogens (tertiary/aromatic N) is 6. The van der Waals surface area contributed by atoms with E-state index in [4.69, 9.17) is 15.6 Å². The summed E-state index contributed by atoms with van der Waals surface area (Å²) in [6.45, 7) is 1.70. The molecule has 3 N–H and O–H groups in total. The van der Waals surface area contributed by atoms with Crippen molar-refractivity contribution >= 4 is 40.5 Å². The fraction of sp³-hybridized carbons (Fsp3) is 0.372. The lowest BCUT2D eigenvalue weighted by Gasteiger charge is -2.33. The van der Waals surface area contributed by atoms with Crippen molar-refractivity contribution in [2.24, 2.45) is 0 Å². The maximum absolute atomic E-state index is 13.4. The second-order valence-corrected chi connectivity index (χ2v) is 15.0. The highest BCUT2D eigenvalue weighted by Gasteiger charge is 2.39. The summed E-state index contributed by atoms with van der Waals surface area (Å²) in [4.78, 5) is 62.8. The summed E-state index contributed by atoms with van der Waals surface area (Å²) >= 11 is 0. The molecule has 2 unspecified atom stereocenters. The van der Waals surface area contributed by atoms with Crippen LogP contribution in [0.15, 0.2) is 79.1 Å². The number of aromatic nitrogens is 4. The SMILES string of the molecule is Nc1ncnc2c1c(-c1ccc(Oc3ccccc3)cc1)nn2C1CCCN(C(=O)CCCCCCCc2ccc3c(c2)CN(C2CCC(=O)NC2=O)C3=O)C1. The highest BCUT2D eigenvalue weighted by molar-refractivity contribution is 6.05. The molecule has 13 heteroatoms. The van der Waals surface area contributed by atoms with Crippen LogP contribution < -0.4 is 15.8 Å². The number of aryl methyl sites for hydroxylation is 1. The van der Waals surface area contributed by atoms with Gasteiger partial charge in [-0.2, -0.15) is 5.10 Å². The Morgan fingerprint density at radius 2 is 1.68 bits per heavy atom. The lowest BCUT2D eigenvalue weighted by molar-refractivity contribution is -0.137. The van der Waals surface area contributed by atoms with Gasteiger partial charge in [0.2, 0.25) is 17.7 Å². The Morgan fingerprint density at radius 1 is 0.893 bits per heavy atom. The number of para-hydroxylation sites is 1. The molecule has 0 aliphatic carbocycles. The van der Waals surface area contributed by atoms with Crippen molar-refractivity contribution in [2.75, 3.05) is 18.8 Å². The number of nitrogens with one attached hydrogen (secondary N) is 1. The van der Waals surface area contributed by atoms with Crippen LogP contribution in [0.4, 0.5) is 5.82 Å². The first kappa shape index (κ1) is 36.8. The van der Waals surface area contributed by atoms with Crippen LogP contribution >= 0.6 is 0 Å². The number of amides is 4. The number of carbonyl (C=O) groups is 4. The normalized spacial score (nSPS) is 18.3. The highest BCUT2D eigenvalue weighted by Crippen LogP contribution is 2.35. The van der Waals surface area contributed by atoms with Gasteiger partial charge in [-0.05, 0) is 92.1 Å². The molecule has 2 saturated heterocycles. The molecular formula is C43H46N8O5. The molecule has 13 nitrogen and oxygen atoms in total. The van der Waals surface area contributed by atoms with Crippen molar-refractivity contribution in [3.63, 3.8) is 0 Å². The minimum absolute atomic E-state index is 0.0308. The maximum atomic E-state index is 13.4. The molecule has 8 rings (SSSR count). The number of carbonyl (C=O) groups excluding carboxylic acids is 4. The van der Waals surface area contributed by atoms with E-state index in [1.165, 1.54) is 11.9 Å². The summed E-state index contributed by atoms with van der Waals surface area (Å²) in [6.07, 6.45) is 10.2. The van der Waals surface area contributed by atoms with E-state index >= 15 is 0 Å². The third kappa shape index (κ3) is 7.84. The molecule has 3 aliphatic rings. The summed E-state index contributed by atoms with van der Waals surface area (Å²) in [5.74, 6) is 1.19. The average molecular weight is 755 g/mol. The van der Waals surface area contributed by atoms with Crippen molar-refractivity contribution in [3.8, 4) is 22.8 Å². The Kier molecular flexibility index (Phi) is 10.7. The number of imide groups is 1. The quantitative estimate of drug-likeness (QED) is 0.103. The van der Waals surface area contributed by atoms with E-state index in [1.54, 1.807) is 4.90 Å². The van der Waals surface area contributed by atoms with Crippen LogP contribution in [0.1, 0.15) is 91.7 Å². The molecule has 5 aromatic rings. The van der Waals surface area contributed by atoms with Gasteiger partial charge in [0, 0.05) is 43.6 Å². The third-order valence-corrected chi connectivity index (χ3v) is 11.2. The molecule has 3 aliphatic heterocycles. The lowest BCUT2D eigenvalue weighted by atomic mass is 10.0. The number of benzene rings is 3. The number of unbranched alkanes of at least 4 members (excludes halogenated alkanes) is 4. The molecule has 2 atom stereocenters. The number of piperidine rings is 2. The van der Waals surface area contributed by atoms with Crippen LogP contribution in [-0.4, -0.2) is 72.3 Å². The molecule has 3 aromatic carbocycles. The predicted molar refractivity (Wildman–Crippen MR) is 210 cm³/mol. The number of anilines is 1. The van der Waals surface area contributed by atoms with Crippen molar-refractivity contribution in [1.29, 1.82) is 0 Å². The van der Waals surface area contributed by atoms with Crippen LogP contribution in [0.5, 0.6) is 11.5 Å². The van der Waals surface area contributed by atoms with Gasteiger partial charge in [0.25, 0.3) is 5.91 Å². The Labute approximate surface area is 325 Å². The molecule has 5 heterocycles. The van der Waals surface area contributed by atoms with Gasteiger partial charge in [-0.1, -0.05) is 49.6 Å². The fourth-order valence-electron chi connectivity index (χ4n) is 8.22. The number of hydrogen-bond donors (Lipinski definition) is 2. The molecule has 2 fully saturated rings. The van der Waals surface area contributed by atoms with Crippen molar-refractivity contribution in [1.82, 2.24) is 34.9 Å². The van der Waals surface area contributed by atoms with Gasteiger partial charge in [-0.3, -0.25) is 24.5 Å². The minimum Gasteiger partial charge on any atom is -0.457 e. The van der Waals surface area contributed by atoms with Gasteiger partial charge in [0.1, 0.15) is 35.4 Å². The van der Waals surface area contributed by atoms with E-state index in [1.807, 2.05) is 76.3 Å². The first-order valence-electron chi connectivity index (χ1n) is 19.7. The van der Waals surface area contributed by atoms with Gasteiger partial charge >= 0.3 is 0 Å². The van der Waals surface area contributed by atoms with Crippen LogP contribution in [0.3, 0.4) is 0 Å². The lowest BCUT2D eigenvalue weighted by Crippen LogP contribution is -2.52. The number of likely N-dealkylation sites (tertiary alicyclic amines) is 1. The second kappa shape index (κ2) is 16.3. The molecule has 0 bridgehead atoms. The fourth-order valence-corrected chi connectivity index (χ4v) is 8.22. The summed E-state index contributed by atoms with van der Waals surface area (Å²) in [5, 5.41) is 8.10. The summed E-state index contributed by atoms with van der Waals surface area (Å²) in [7, 11) is 0. The van der Waals surface area contributed by atoms with Crippen LogP contribution in [0.2, 0.25) is 0 Å². The zero-order chi connectivity index (χ0) is 38.6. The zero-order valence-electron chi connectivity index (χ0n) is 31.4. The Morgan fingerprint density at radius 3 is 2.50 bits per heavy atom. The maximum Gasteiger partial charge on any atom is 0.255 e. The van der Waals surface area contributed by atoms with E-state index in [0.29, 0.717) is 59.8 Å². The van der Waals surface area contributed by atoms with Crippen molar-refractivity contribution < 1.29 is 23.9 Å². The zero-order valence-corrected chi connectivity index (χ0v) is 31.4. The molecule has 0 saturated carbocycles. The first-order chi connectivity index (χ1) is 27.3.